The molecule has 0 unspecified atom stereocenters. The normalized spacial score (nSPS) is 18.7. The molecule has 0 saturated carbocycles. The number of ether oxygens (including phenoxy) is 1. The summed E-state index contributed by atoms with van der Waals surface area (Å²) in [6, 6.07) is 0. The summed E-state index contributed by atoms with van der Waals surface area (Å²) in [6.07, 6.45) is 8.75. The van der Waals surface area contributed by atoms with Crippen molar-refractivity contribution in [3.8, 4) is 12.3 Å². The van der Waals surface area contributed by atoms with E-state index in [2.05, 4.69) is 11.2 Å². The van der Waals surface area contributed by atoms with E-state index in [1.165, 1.54) is 0 Å². The third-order valence-corrected chi connectivity index (χ3v) is 2.36. The van der Waals surface area contributed by atoms with Gasteiger partial charge in [0.05, 0.1) is 12.2 Å². The first-order valence-electron chi connectivity index (χ1n) is 5.36. The molecule has 1 saturated heterocycles. The van der Waals surface area contributed by atoms with Crippen molar-refractivity contribution < 1.29 is 9.53 Å². The summed E-state index contributed by atoms with van der Waals surface area (Å²) in [6.45, 7) is 3.10. The summed E-state index contributed by atoms with van der Waals surface area (Å²) in [5.41, 5.74) is 1.59. The third kappa shape index (κ3) is 3.32. The minimum atomic E-state index is -0.278. The molecular formula is C12H17NO2. The highest BCUT2D eigenvalue weighted by atomic mass is 16.5. The molecule has 1 heterocycles. The Labute approximate surface area is 90.9 Å². The largest absolute Gasteiger partial charge is 0.463 e. The Hall–Kier alpha value is -1.43. The van der Waals surface area contributed by atoms with Crippen LogP contribution in [-0.4, -0.2) is 19.1 Å². The third-order valence-electron chi connectivity index (χ3n) is 2.36. The molecule has 1 aliphatic heterocycles. The van der Waals surface area contributed by atoms with Crippen molar-refractivity contribution in [1.82, 2.24) is 5.32 Å². The molecule has 0 bridgehead atoms. The van der Waals surface area contributed by atoms with Gasteiger partial charge in [-0.15, -0.1) is 12.3 Å². The van der Waals surface area contributed by atoms with E-state index in [1.807, 2.05) is 0 Å². The van der Waals surface area contributed by atoms with Gasteiger partial charge in [0, 0.05) is 18.7 Å². The number of hydrogen-bond donors (Lipinski definition) is 1. The van der Waals surface area contributed by atoms with Crippen LogP contribution in [0.1, 0.15) is 32.6 Å². The highest BCUT2D eigenvalue weighted by Gasteiger charge is 2.17. The first-order valence-corrected chi connectivity index (χ1v) is 5.36. The Morgan fingerprint density at radius 2 is 2.40 bits per heavy atom. The van der Waals surface area contributed by atoms with Crippen LogP contribution in [0.25, 0.3) is 0 Å². The number of hydrogen-bond acceptors (Lipinski definition) is 3. The highest BCUT2D eigenvalue weighted by Crippen LogP contribution is 2.17. The quantitative estimate of drug-likeness (QED) is 0.434. The lowest BCUT2D eigenvalue weighted by molar-refractivity contribution is -0.138. The average Bonchev–Trinajstić information content (AvgIpc) is 2.27. The second-order valence-electron chi connectivity index (χ2n) is 3.44. The van der Waals surface area contributed by atoms with E-state index in [1.54, 1.807) is 6.92 Å². The van der Waals surface area contributed by atoms with Crippen molar-refractivity contribution in [2.24, 2.45) is 0 Å². The van der Waals surface area contributed by atoms with Crippen LogP contribution in [0.5, 0.6) is 0 Å². The molecule has 0 aromatic heterocycles. The fourth-order valence-electron chi connectivity index (χ4n) is 1.63. The lowest BCUT2D eigenvalue weighted by Gasteiger charge is -2.19. The van der Waals surface area contributed by atoms with E-state index in [4.69, 9.17) is 11.2 Å². The van der Waals surface area contributed by atoms with E-state index in [-0.39, 0.29) is 5.97 Å². The second kappa shape index (κ2) is 6.13. The van der Waals surface area contributed by atoms with Gasteiger partial charge >= 0.3 is 5.97 Å². The summed E-state index contributed by atoms with van der Waals surface area (Å²) in [5.74, 6) is 2.23. The van der Waals surface area contributed by atoms with E-state index >= 15 is 0 Å². The summed E-state index contributed by atoms with van der Waals surface area (Å²) in [5, 5.41) is 3.23. The molecule has 0 amide bonds. The van der Waals surface area contributed by atoms with Gasteiger partial charge in [-0.3, -0.25) is 0 Å². The van der Waals surface area contributed by atoms with Crippen LogP contribution >= 0.6 is 0 Å². The molecule has 82 valence electrons. The van der Waals surface area contributed by atoms with Gasteiger partial charge in [-0.05, 0) is 26.2 Å². The molecule has 0 atom stereocenters. The number of carbonyl (C=O) groups is 1. The fourth-order valence-corrected chi connectivity index (χ4v) is 1.63. The van der Waals surface area contributed by atoms with Gasteiger partial charge in [-0.2, -0.15) is 0 Å². The number of rotatable bonds is 3. The Morgan fingerprint density at radius 1 is 1.60 bits per heavy atom. The Morgan fingerprint density at radius 3 is 2.93 bits per heavy atom. The highest BCUT2D eigenvalue weighted by molar-refractivity contribution is 5.89. The minimum Gasteiger partial charge on any atom is -0.463 e. The van der Waals surface area contributed by atoms with Crippen LogP contribution < -0.4 is 5.32 Å². The average molecular weight is 207 g/mol. The topological polar surface area (TPSA) is 38.3 Å². The van der Waals surface area contributed by atoms with Crippen LogP contribution in [0.15, 0.2) is 11.3 Å². The molecule has 1 fully saturated rings. The minimum absolute atomic E-state index is 0.278. The second-order valence-corrected chi connectivity index (χ2v) is 3.44. The molecule has 0 aromatic carbocycles. The molecule has 3 heteroatoms. The standard InChI is InChI=1S/C12H17NO2/c1-3-7-10(12(14)15-4-2)11-8-5-6-9-13-11/h1,13H,4-9H2,2H3/b11-10-. The number of carbonyl (C=O) groups excluding carboxylic acids is 1. The van der Waals surface area contributed by atoms with Crippen LogP contribution in [0, 0.1) is 12.3 Å². The van der Waals surface area contributed by atoms with E-state index in [0.29, 0.717) is 18.6 Å². The van der Waals surface area contributed by atoms with Gasteiger partial charge in [0.15, 0.2) is 0 Å². The lowest BCUT2D eigenvalue weighted by atomic mass is 10.0. The van der Waals surface area contributed by atoms with Crippen molar-refractivity contribution in [3.05, 3.63) is 11.3 Å². The zero-order valence-electron chi connectivity index (χ0n) is 9.14. The fraction of sp³-hybridized carbons (Fsp3) is 0.583. The first-order chi connectivity index (χ1) is 7.29. The molecule has 0 spiro atoms. The lowest BCUT2D eigenvalue weighted by Crippen LogP contribution is -2.24. The number of esters is 1. The number of nitrogens with one attached hydrogen (secondary N) is 1. The van der Waals surface area contributed by atoms with Crippen LogP contribution in [0.3, 0.4) is 0 Å². The Bertz CT molecular complexity index is 291. The number of piperidine rings is 1. The predicted molar refractivity (Wildman–Crippen MR) is 59.0 cm³/mol. The SMILES string of the molecule is C#CC/C(C(=O)OCC)=C1\CCCCN1. The molecule has 1 N–H and O–H groups in total. The zero-order chi connectivity index (χ0) is 11.1. The van der Waals surface area contributed by atoms with Gasteiger partial charge in [-0.1, -0.05) is 0 Å². The van der Waals surface area contributed by atoms with Gasteiger partial charge in [0.2, 0.25) is 0 Å². The van der Waals surface area contributed by atoms with Gasteiger partial charge in [0.1, 0.15) is 0 Å². The van der Waals surface area contributed by atoms with Gasteiger partial charge in [0.25, 0.3) is 0 Å². The first kappa shape index (κ1) is 11.6. The van der Waals surface area contributed by atoms with Crippen LogP contribution in [-0.2, 0) is 9.53 Å². The van der Waals surface area contributed by atoms with E-state index < -0.39 is 0 Å². The molecule has 0 aliphatic carbocycles. The van der Waals surface area contributed by atoms with Gasteiger partial charge in [-0.25, -0.2) is 4.79 Å². The van der Waals surface area contributed by atoms with E-state index in [0.717, 1.165) is 31.5 Å². The number of allylic oxidation sites excluding steroid dienone is 1. The number of terminal acetylenes is 1. The van der Waals surface area contributed by atoms with Crippen LogP contribution in [0.4, 0.5) is 0 Å². The maximum Gasteiger partial charge on any atom is 0.336 e. The van der Waals surface area contributed by atoms with Gasteiger partial charge < -0.3 is 10.1 Å². The van der Waals surface area contributed by atoms with Crippen molar-refractivity contribution in [2.45, 2.75) is 32.6 Å². The van der Waals surface area contributed by atoms with Crippen molar-refractivity contribution in [2.75, 3.05) is 13.2 Å². The summed E-state index contributed by atoms with van der Waals surface area (Å²) in [4.78, 5) is 11.6. The smallest absolute Gasteiger partial charge is 0.336 e. The Kier molecular flexibility index (Phi) is 4.76. The summed E-state index contributed by atoms with van der Waals surface area (Å²) < 4.78 is 4.98. The van der Waals surface area contributed by atoms with Crippen molar-refractivity contribution in [1.29, 1.82) is 0 Å². The monoisotopic (exact) mass is 207 g/mol. The zero-order valence-corrected chi connectivity index (χ0v) is 9.14. The molecule has 3 nitrogen and oxygen atoms in total. The van der Waals surface area contributed by atoms with Crippen molar-refractivity contribution in [3.63, 3.8) is 0 Å². The molecule has 1 aliphatic rings. The van der Waals surface area contributed by atoms with Crippen molar-refractivity contribution >= 4 is 5.97 Å². The van der Waals surface area contributed by atoms with E-state index in [9.17, 15) is 4.79 Å². The molecule has 0 radical (unpaired) electrons. The maximum absolute atomic E-state index is 11.6. The van der Waals surface area contributed by atoms with Crippen LogP contribution in [0.2, 0.25) is 0 Å². The molecule has 0 aromatic rings. The predicted octanol–water partition coefficient (Wildman–Crippen LogP) is 1.60. The summed E-state index contributed by atoms with van der Waals surface area (Å²) >= 11 is 0. The Balaban J connectivity index is 2.79. The molecule has 15 heavy (non-hydrogen) atoms. The summed E-state index contributed by atoms with van der Waals surface area (Å²) in [7, 11) is 0. The maximum atomic E-state index is 11.6. The molecular weight excluding hydrogens is 190 g/mol. The molecule has 1 rings (SSSR count).